The maximum Gasteiger partial charge on any atom is 0.291 e. The fourth-order valence-electron chi connectivity index (χ4n) is 4.39. The fourth-order valence-corrected chi connectivity index (χ4v) is 4.39. The summed E-state index contributed by atoms with van der Waals surface area (Å²) in [6.45, 7) is 6.31. The molecule has 0 aliphatic carbocycles. The van der Waals surface area contributed by atoms with Crippen LogP contribution in [0.25, 0.3) is 10.8 Å². The SMILES string of the molecule is Cc1ccc2cnc(NC3=NC[C@@]4(CN5CCC4CC5)O3)cc2c1. The zero-order chi connectivity index (χ0) is 16.1. The Balaban J connectivity index is 1.35. The number of aromatic nitrogens is 1. The van der Waals surface area contributed by atoms with Crippen molar-refractivity contribution in [3.05, 3.63) is 36.0 Å². The Morgan fingerprint density at radius 1 is 1.21 bits per heavy atom. The number of pyridine rings is 1. The number of fused-ring (bicyclic) bond motifs is 3. The van der Waals surface area contributed by atoms with Gasteiger partial charge in [-0.2, -0.15) is 0 Å². The summed E-state index contributed by atoms with van der Waals surface area (Å²) in [5.41, 5.74) is 1.15. The lowest BCUT2D eigenvalue weighted by Gasteiger charge is -2.50. The quantitative estimate of drug-likeness (QED) is 0.877. The number of nitrogens with one attached hydrogen (secondary N) is 1. The van der Waals surface area contributed by atoms with Crippen LogP contribution in [-0.2, 0) is 4.74 Å². The van der Waals surface area contributed by atoms with Gasteiger partial charge in [0, 0.05) is 24.0 Å². The summed E-state index contributed by atoms with van der Waals surface area (Å²) in [5, 5.41) is 5.61. The molecular formula is C19H22N4O. The monoisotopic (exact) mass is 322 g/mol. The Labute approximate surface area is 141 Å². The van der Waals surface area contributed by atoms with Crippen LogP contribution in [0.5, 0.6) is 0 Å². The first-order valence-electron chi connectivity index (χ1n) is 8.79. The van der Waals surface area contributed by atoms with Gasteiger partial charge in [0.25, 0.3) is 6.02 Å². The lowest BCUT2D eigenvalue weighted by atomic mass is 9.75. The van der Waals surface area contributed by atoms with Crippen molar-refractivity contribution in [2.75, 3.05) is 31.5 Å². The van der Waals surface area contributed by atoms with E-state index in [-0.39, 0.29) is 5.60 Å². The molecule has 3 fully saturated rings. The van der Waals surface area contributed by atoms with Crippen LogP contribution in [0, 0.1) is 12.8 Å². The number of hydrogen-bond donors (Lipinski definition) is 1. The third kappa shape index (κ3) is 2.26. The number of nitrogens with zero attached hydrogens (tertiary/aromatic N) is 3. The summed E-state index contributed by atoms with van der Waals surface area (Å²) in [6.07, 6.45) is 4.36. The normalized spacial score (nSPS) is 31.3. The van der Waals surface area contributed by atoms with E-state index >= 15 is 0 Å². The van der Waals surface area contributed by atoms with Gasteiger partial charge >= 0.3 is 0 Å². The third-order valence-electron chi connectivity index (χ3n) is 5.73. The molecule has 1 aromatic carbocycles. The topological polar surface area (TPSA) is 49.8 Å². The molecule has 0 amide bonds. The second-order valence-corrected chi connectivity index (χ2v) is 7.38. The first-order valence-corrected chi connectivity index (χ1v) is 8.79. The predicted molar refractivity (Wildman–Crippen MR) is 95.4 cm³/mol. The zero-order valence-corrected chi connectivity index (χ0v) is 14.0. The molecule has 4 aliphatic rings. The van der Waals surface area contributed by atoms with Crippen molar-refractivity contribution in [2.45, 2.75) is 25.4 Å². The minimum Gasteiger partial charge on any atom is -0.455 e. The molecule has 1 atom stereocenters. The molecule has 0 unspecified atom stereocenters. The average molecular weight is 322 g/mol. The Morgan fingerprint density at radius 3 is 2.88 bits per heavy atom. The van der Waals surface area contributed by atoms with Crippen molar-refractivity contribution in [1.82, 2.24) is 9.88 Å². The van der Waals surface area contributed by atoms with E-state index in [0.717, 1.165) is 24.3 Å². The van der Waals surface area contributed by atoms with Gasteiger partial charge in [-0.15, -0.1) is 0 Å². The average Bonchev–Trinajstić information content (AvgIpc) is 2.97. The van der Waals surface area contributed by atoms with Crippen molar-refractivity contribution in [2.24, 2.45) is 10.9 Å². The molecule has 4 aliphatic heterocycles. The molecule has 3 saturated heterocycles. The van der Waals surface area contributed by atoms with Crippen LogP contribution in [0.1, 0.15) is 18.4 Å². The maximum absolute atomic E-state index is 6.32. The van der Waals surface area contributed by atoms with Crippen LogP contribution in [0.4, 0.5) is 5.82 Å². The standard InChI is InChI=1S/C19H22N4O/c1-13-2-3-14-10-20-17(9-15(14)8-13)22-18-21-11-19(24-18)12-23-6-4-16(19)5-7-23/h2-3,8-10,16H,4-7,11-12H2,1H3,(H,20,21,22)/t19-/m0/s1. The summed E-state index contributed by atoms with van der Waals surface area (Å²) in [7, 11) is 0. The number of aliphatic imine (C=N–C) groups is 1. The summed E-state index contributed by atoms with van der Waals surface area (Å²) in [6, 6.07) is 9.08. The van der Waals surface area contributed by atoms with Crippen molar-refractivity contribution in [3.8, 4) is 0 Å². The van der Waals surface area contributed by atoms with Crippen molar-refractivity contribution in [3.63, 3.8) is 0 Å². The van der Waals surface area contributed by atoms with Crippen LogP contribution in [0.2, 0.25) is 0 Å². The molecule has 2 aromatic rings. The van der Waals surface area contributed by atoms with E-state index in [2.05, 4.69) is 51.4 Å². The maximum atomic E-state index is 6.32. The van der Waals surface area contributed by atoms with E-state index in [4.69, 9.17) is 4.74 Å². The molecule has 1 spiro atoms. The lowest BCUT2D eigenvalue weighted by Crippen LogP contribution is -2.61. The largest absolute Gasteiger partial charge is 0.455 e. The predicted octanol–water partition coefficient (Wildman–Crippen LogP) is 2.81. The fraction of sp³-hybridized carbons (Fsp3) is 0.474. The molecule has 1 N–H and O–H groups in total. The van der Waals surface area contributed by atoms with Crippen molar-refractivity contribution < 1.29 is 4.74 Å². The van der Waals surface area contributed by atoms with Gasteiger partial charge in [0.2, 0.25) is 0 Å². The van der Waals surface area contributed by atoms with Gasteiger partial charge < -0.3 is 4.74 Å². The second kappa shape index (κ2) is 5.18. The molecule has 1 aromatic heterocycles. The van der Waals surface area contributed by atoms with Gasteiger partial charge in [0.1, 0.15) is 11.4 Å². The molecule has 5 heteroatoms. The lowest BCUT2D eigenvalue weighted by molar-refractivity contribution is -0.0829. The zero-order valence-electron chi connectivity index (χ0n) is 14.0. The summed E-state index contributed by atoms with van der Waals surface area (Å²) < 4.78 is 6.32. The molecule has 0 radical (unpaired) electrons. The van der Waals surface area contributed by atoms with E-state index in [1.807, 2.05) is 6.20 Å². The van der Waals surface area contributed by atoms with Gasteiger partial charge in [0.05, 0.1) is 6.54 Å². The minimum absolute atomic E-state index is 0.105. The first kappa shape index (κ1) is 14.2. The molecule has 0 saturated carbocycles. The van der Waals surface area contributed by atoms with E-state index in [9.17, 15) is 0 Å². The molecule has 6 rings (SSSR count). The Hall–Kier alpha value is -2.14. The van der Waals surface area contributed by atoms with Crippen LogP contribution >= 0.6 is 0 Å². The number of hydrogen-bond acceptors (Lipinski definition) is 5. The van der Waals surface area contributed by atoms with Gasteiger partial charge in [0.15, 0.2) is 0 Å². The smallest absolute Gasteiger partial charge is 0.291 e. The molecular weight excluding hydrogens is 300 g/mol. The van der Waals surface area contributed by atoms with Crippen LogP contribution < -0.4 is 5.32 Å². The van der Waals surface area contributed by atoms with Crippen LogP contribution in [-0.4, -0.2) is 47.7 Å². The number of piperidine rings is 3. The van der Waals surface area contributed by atoms with Crippen LogP contribution in [0.3, 0.4) is 0 Å². The number of ether oxygens (including phenoxy) is 1. The van der Waals surface area contributed by atoms with E-state index in [1.165, 1.54) is 36.9 Å². The third-order valence-corrected chi connectivity index (χ3v) is 5.73. The highest BCUT2D eigenvalue weighted by atomic mass is 16.5. The molecule has 2 bridgehead atoms. The number of anilines is 1. The number of amidine groups is 1. The highest BCUT2D eigenvalue weighted by Crippen LogP contribution is 2.40. The molecule has 5 nitrogen and oxygen atoms in total. The molecule has 5 heterocycles. The van der Waals surface area contributed by atoms with Gasteiger partial charge in [-0.1, -0.05) is 23.8 Å². The number of rotatable bonds is 1. The summed E-state index contributed by atoms with van der Waals surface area (Å²) in [4.78, 5) is 11.6. The second-order valence-electron chi connectivity index (χ2n) is 7.38. The minimum atomic E-state index is -0.105. The van der Waals surface area contributed by atoms with Crippen molar-refractivity contribution >= 4 is 22.6 Å². The van der Waals surface area contributed by atoms with Crippen molar-refractivity contribution in [1.29, 1.82) is 0 Å². The highest BCUT2D eigenvalue weighted by molar-refractivity contribution is 5.92. The Morgan fingerprint density at radius 2 is 2.08 bits per heavy atom. The van der Waals surface area contributed by atoms with Crippen LogP contribution in [0.15, 0.2) is 35.5 Å². The Kier molecular flexibility index (Phi) is 3.07. The first-order chi connectivity index (χ1) is 11.7. The number of aryl methyl sites for hydroxylation is 1. The highest BCUT2D eigenvalue weighted by Gasteiger charge is 2.51. The van der Waals surface area contributed by atoms with Gasteiger partial charge in [-0.25, -0.2) is 9.98 Å². The van der Waals surface area contributed by atoms with Gasteiger partial charge in [-0.05, 0) is 44.3 Å². The molecule has 124 valence electrons. The summed E-state index contributed by atoms with van der Waals surface area (Å²) >= 11 is 0. The summed E-state index contributed by atoms with van der Waals surface area (Å²) in [5.74, 6) is 1.43. The van der Waals surface area contributed by atoms with E-state index in [0.29, 0.717) is 11.9 Å². The molecule has 24 heavy (non-hydrogen) atoms. The van der Waals surface area contributed by atoms with E-state index in [1.54, 1.807) is 0 Å². The van der Waals surface area contributed by atoms with E-state index < -0.39 is 0 Å². The Bertz CT molecular complexity index is 825. The number of benzene rings is 1. The van der Waals surface area contributed by atoms with Gasteiger partial charge in [-0.3, -0.25) is 10.2 Å².